The van der Waals surface area contributed by atoms with E-state index >= 15 is 0 Å². The maximum absolute atomic E-state index is 12.4. The number of carbonyl (C=O) groups is 1. The number of halogens is 1. The van der Waals surface area contributed by atoms with Gasteiger partial charge in [0.15, 0.2) is 5.82 Å². The number of amides is 1. The van der Waals surface area contributed by atoms with Gasteiger partial charge in [0.2, 0.25) is 5.91 Å². The number of carbonyl (C=O) groups excluding carboxylic acids is 1. The molecule has 0 radical (unpaired) electrons. The lowest BCUT2D eigenvalue weighted by Gasteiger charge is -2.16. The van der Waals surface area contributed by atoms with Gasteiger partial charge in [0.05, 0.1) is 0 Å². The van der Waals surface area contributed by atoms with Crippen LogP contribution in [-0.4, -0.2) is 27.5 Å². The average molecular weight is 368 g/mol. The number of benzene rings is 2. The van der Waals surface area contributed by atoms with Crippen LogP contribution in [0.1, 0.15) is 29.3 Å². The Hall–Kier alpha value is -2.66. The van der Waals surface area contributed by atoms with E-state index < -0.39 is 0 Å². The van der Waals surface area contributed by atoms with Gasteiger partial charge >= 0.3 is 0 Å². The number of aromatic nitrogens is 2. The topological polar surface area (TPSA) is 59.2 Å². The van der Waals surface area contributed by atoms with Gasteiger partial charge in [-0.05, 0) is 36.8 Å². The van der Waals surface area contributed by atoms with E-state index in [0.717, 1.165) is 11.1 Å². The molecule has 2 heterocycles. The number of rotatable bonds is 4. The largest absolute Gasteiger partial charge is 0.338 e. The summed E-state index contributed by atoms with van der Waals surface area (Å²) in [6.07, 6.45) is 0.396. The minimum absolute atomic E-state index is 0.0513. The van der Waals surface area contributed by atoms with Gasteiger partial charge in [-0.25, -0.2) is 0 Å². The summed E-state index contributed by atoms with van der Waals surface area (Å²) in [7, 11) is 0. The normalized spacial score (nSPS) is 17.1. The standard InChI is InChI=1S/C20H18ClN3O2/c1-13-5-7-15(8-6-13)20-22-19(23-26-20)16-10-18(25)24(12-16)11-14-3-2-4-17(21)9-14/h2-9,16H,10-12H2,1H3. The molecule has 1 atom stereocenters. The summed E-state index contributed by atoms with van der Waals surface area (Å²) in [5, 5.41) is 4.77. The lowest BCUT2D eigenvalue weighted by molar-refractivity contribution is -0.128. The molecule has 5 nitrogen and oxygen atoms in total. The minimum atomic E-state index is -0.0513. The van der Waals surface area contributed by atoms with Crippen LogP contribution in [0.5, 0.6) is 0 Å². The number of aryl methyl sites for hydroxylation is 1. The van der Waals surface area contributed by atoms with Gasteiger partial charge in [-0.3, -0.25) is 4.79 Å². The highest BCUT2D eigenvalue weighted by Crippen LogP contribution is 2.29. The van der Waals surface area contributed by atoms with E-state index in [1.807, 2.05) is 60.4 Å². The van der Waals surface area contributed by atoms with E-state index in [2.05, 4.69) is 10.1 Å². The Bertz CT molecular complexity index is 936. The van der Waals surface area contributed by atoms with Crippen LogP contribution in [0, 0.1) is 6.92 Å². The predicted octanol–water partition coefficient (Wildman–Crippen LogP) is 4.21. The second-order valence-corrected chi connectivity index (χ2v) is 7.07. The maximum Gasteiger partial charge on any atom is 0.257 e. The van der Waals surface area contributed by atoms with Crippen LogP contribution in [0.2, 0.25) is 5.02 Å². The van der Waals surface area contributed by atoms with E-state index in [4.69, 9.17) is 16.1 Å². The van der Waals surface area contributed by atoms with Crippen LogP contribution in [0.25, 0.3) is 11.5 Å². The molecule has 6 heteroatoms. The van der Waals surface area contributed by atoms with Crippen LogP contribution >= 0.6 is 11.6 Å². The molecule has 0 N–H and O–H groups in total. The van der Waals surface area contributed by atoms with Crippen LogP contribution in [0.4, 0.5) is 0 Å². The number of likely N-dealkylation sites (tertiary alicyclic amines) is 1. The van der Waals surface area contributed by atoms with Crippen molar-refractivity contribution in [2.75, 3.05) is 6.54 Å². The summed E-state index contributed by atoms with van der Waals surface area (Å²) in [4.78, 5) is 18.7. The zero-order valence-corrected chi connectivity index (χ0v) is 15.1. The molecule has 1 unspecified atom stereocenters. The van der Waals surface area contributed by atoms with E-state index in [0.29, 0.717) is 36.2 Å². The second-order valence-electron chi connectivity index (χ2n) is 6.63. The zero-order valence-electron chi connectivity index (χ0n) is 14.4. The molecule has 132 valence electrons. The van der Waals surface area contributed by atoms with Gasteiger partial charge in [0.1, 0.15) is 0 Å². The van der Waals surface area contributed by atoms with Crippen molar-refractivity contribution in [1.29, 1.82) is 0 Å². The summed E-state index contributed by atoms with van der Waals surface area (Å²) in [6, 6.07) is 15.5. The fraction of sp³-hybridized carbons (Fsp3) is 0.250. The third kappa shape index (κ3) is 3.48. The molecule has 26 heavy (non-hydrogen) atoms. The monoisotopic (exact) mass is 367 g/mol. The van der Waals surface area contributed by atoms with Crippen molar-refractivity contribution in [1.82, 2.24) is 15.0 Å². The Morgan fingerprint density at radius 1 is 1.23 bits per heavy atom. The Morgan fingerprint density at radius 2 is 2.04 bits per heavy atom. The Kier molecular flexibility index (Phi) is 4.47. The van der Waals surface area contributed by atoms with Crippen LogP contribution in [0.15, 0.2) is 53.1 Å². The van der Waals surface area contributed by atoms with Crippen molar-refractivity contribution in [2.24, 2.45) is 0 Å². The summed E-state index contributed by atoms with van der Waals surface area (Å²) >= 11 is 6.03. The van der Waals surface area contributed by atoms with Crippen molar-refractivity contribution in [3.05, 3.63) is 70.5 Å². The number of hydrogen-bond acceptors (Lipinski definition) is 4. The zero-order chi connectivity index (χ0) is 18.1. The summed E-state index contributed by atoms with van der Waals surface area (Å²) in [5.41, 5.74) is 3.07. The van der Waals surface area contributed by atoms with Crippen LogP contribution in [0.3, 0.4) is 0 Å². The number of hydrogen-bond donors (Lipinski definition) is 0. The molecule has 1 amide bonds. The molecule has 1 saturated heterocycles. The average Bonchev–Trinajstić information content (AvgIpc) is 3.23. The molecule has 3 aromatic rings. The molecule has 4 rings (SSSR count). The third-order valence-corrected chi connectivity index (χ3v) is 4.82. The van der Waals surface area contributed by atoms with Gasteiger partial charge in [0.25, 0.3) is 5.89 Å². The lowest BCUT2D eigenvalue weighted by Crippen LogP contribution is -2.24. The molecular weight excluding hydrogens is 350 g/mol. The van der Waals surface area contributed by atoms with E-state index in [-0.39, 0.29) is 11.8 Å². The Labute approximate surface area is 156 Å². The van der Waals surface area contributed by atoms with Gasteiger partial charge in [-0.15, -0.1) is 0 Å². The molecule has 0 spiro atoms. The molecule has 1 fully saturated rings. The fourth-order valence-corrected chi connectivity index (χ4v) is 3.38. The van der Waals surface area contributed by atoms with Crippen molar-refractivity contribution in [2.45, 2.75) is 25.8 Å². The molecule has 1 aromatic heterocycles. The van der Waals surface area contributed by atoms with Crippen LogP contribution < -0.4 is 0 Å². The summed E-state index contributed by atoms with van der Waals surface area (Å²) in [5.74, 6) is 1.12. The molecular formula is C20H18ClN3O2. The minimum Gasteiger partial charge on any atom is -0.338 e. The smallest absolute Gasteiger partial charge is 0.257 e. The molecule has 1 aliphatic rings. The third-order valence-electron chi connectivity index (χ3n) is 4.58. The Morgan fingerprint density at radius 3 is 2.81 bits per heavy atom. The molecule has 0 aliphatic carbocycles. The van der Waals surface area contributed by atoms with Crippen molar-refractivity contribution in [3.8, 4) is 11.5 Å². The molecule has 1 aliphatic heterocycles. The van der Waals surface area contributed by atoms with E-state index in [1.54, 1.807) is 0 Å². The first-order valence-corrected chi connectivity index (χ1v) is 8.89. The highest BCUT2D eigenvalue weighted by atomic mass is 35.5. The Balaban J connectivity index is 1.48. The first-order chi connectivity index (χ1) is 12.6. The highest BCUT2D eigenvalue weighted by molar-refractivity contribution is 6.30. The first kappa shape index (κ1) is 16.8. The summed E-state index contributed by atoms with van der Waals surface area (Å²) in [6.45, 7) is 3.15. The highest BCUT2D eigenvalue weighted by Gasteiger charge is 2.33. The van der Waals surface area contributed by atoms with Gasteiger partial charge in [0, 0.05) is 36.0 Å². The SMILES string of the molecule is Cc1ccc(-c2nc(C3CC(=O)N(Cc4cccc(Cl)c4)C3)no2)cc1. The van der Waals surface area contributed by atoms with Crippen molar-refractivity contribution < 1.29 is 9.32 Å². The van der Waals surface area contributed by atoms with Gasteiger partial charge < -0.3 is 9.42 Å². The van der Waals surface area contributed by atoms with E-state index in [1.165, 1.54) is 5.56 Å². The van der Waals surface area contributed by atoms with Gasteiger partial charge in [-0.2, -0.15) is 4.98 Å². The van der Waals surface area contributed by atoms with Gasteiger partial charge in [-0.1, -0.05) is 46.6 Å². The maximum atomic E-state index is 12.4. The second kappa shape index (κ2) is 6.92. The fourth-order valence-electron chi connectivity index (χ4n) is 3.17. The first-order valence-electron chi connectivity index (χ1n) is 8.51. The lowest BCUT2D eigenvalue weighted by atomic mass is 10.1. The quantitative estimate of drug-likeness (QED) is 0.693. The summed E-state index contributed by atoms with van der Waals surface area (Å²) < 4.78 is 5.40. The van der Waals surface area contributed by atoms with Crippen molar-refractivity contribution >= 4 is 17.5 Å². The van der Waals surface area contributed by atoms with E-state index in [9.17, 15) is 4.79 Å². The molecule has 2 aromatic carbocycles. The van der Waals surface area contributed by atoms with Crippen LogP contribution in [-0.2, 0) is 11.3 Å². The molecule has 0 saturated carbocycles. The predicted molar refractivity (Wildman–Crippen MR) is 98.7 cm³/mol. The van der Waals surface area contributed by atoms with Crippen molar-refractivity contribution in [3.63, 3.8) is 0 Å². The number of nitrogens with zero attached hydrogens (tertiary/aromatic N) is 3. The molecule has 0 bridgehead atoms.